The van der Waals surface area contributed by atoms with Crippen LogP contribution in [0.1, 0.15) is 35.6 Å². The van der Waals surface area contributed by atoms with Gasteiger partial charge in [-0.05, 0) is 49.9 Å². The first-order valence-electron chi connectivity index (χ1n) is 7.33. The second-order valence-electron chi connectivity index (χ2n) is 6.03. The number of rotatable bonds is 2. The smallest absolute Gasteiger partial charge is 0.0895 e. The van der Waals surface area contributed by atoms with E-state index in [1.165, 1.54) is 36.1 Å². The van der Waals surface area contributed by atoms with Crippen molar-refractivity contribution in [1.82, 2.24) is 4.90 Å². The van der Waals surface area contributed by atoms with E-state index in [0.29, 0.717) is 6.04 Å². The predicted octanol–water partition coefficient (Wildman–Crippen LogP) is 2.17. The Morgan fingerprint density at radius 2 is 2.16 bits per heavy atom. The van der Waals surface area contributed by atoms with Gasteiger partial charge in [-0.2, -0.15) is 0 Å². The molecular formula is C16H24N2O. The van der Waals surface area contributed by atoms with Crippen LogP contribution < -0.4 is 5.73 Å². The number of morpholine rings is 1. The van der Waals surface area contributed by atoms with Crippen molar-refractivity contribution in [1.29, 1.82) is 0 Å². The number of fused-ring (bicyclic) bond motifs is 1. The van der Waals surface area contributed by atoms with Crippen LogP contribution in [-0.2, 0) is 4.74 Å². The minimum Gasteiger partial charge on any atom is -0.373 e. The fourth-order valence-corrected chi connectivity index (χ4v) is 3.25. The molecule has 3 heteroatoms. The molecule has 0 spiro atoms. The molecule has 2 aliphatic rings. The van der Waals surface area contributed by atoms with Crippen LogP contribution in [0.5, 0.6) is 0 Å². The summed E-state index contributed by atoms with van der Waals surface area (Å²) in [6.07, 6.45) is 2.72. The van der Waals surface area contributed by atoms with E-state index < -0.39 is 0 Å². The van der Waals surface area contributed by atoms with Gasteiger partial charge in [-0.15, -0.1) is 0 Å². The molecule has 0 aliphatic carbocycles. The monoisotopic (exact) mass is 260 g/mol. The van der Waals surface area contributed by atoms with Crippen LogP contribution in [0.25, 0.3) is 0 Å². The zero-order valence-electron chi connectivity index (χ0n) is 11.9. The molecule has 0 radical (unpaired) electrons. The van der Waals surface area contributed by atoms with Gasteiger partial charge >= 0.3 is 0 Å². The van der Waals surface area contributed by atoms with E-state index >= 15 is 0 Å². The highest BCUT2D eigenvalue weighted by molar-refractivity contribution is 5.32. The molecular weight excluding hydrogens is 236 g/mol. The first-order valence-corrected chi connectivity index (χ1v) is 7.33. The Hall–Kier alpha value is -0.900. The van der Waals surface area contributed by atoms with Crippen LogP contribution in [0.4, 0.5) is 0 Å². The SMILES string of the molecule is Cc1ccc(C(N)C2CN3CCCC3CO2)cc1C. The topological polar surface area (TPSA) is 38.5 Å². The van der Waals surface area contributed by atoms with Crippen LogP contribution in [0.3, 0.4) is 0 Å². The number of hydrogen-bond acceptors (Lipinski definition) is 3. The van der Waals surface area contributed by atoms with Gasteiger partial charge < -0.3 is 10.5 Å². The quantitative estimate of drug-likeness (QED) is 0.885. The van der Waals surface area contributed by atoms with Gasteiger partial charge in [0.2, 0.25) is 0 Å². The van der Waals surface area contributed by atoms with Gasteiger partial charge in [-0.25, -0.2) is 0 Å². The molecule has 2 aliphatic heterocycles. The van der Waals surface area contributed by atoms with Crippen molar-refractivity contribution < 1.29 is 4.74 Å². The standard InChI is InChI=1S/C16H24N2O/c1-11-5-6-13(8-12(11)2)16(17)15-9-18-7-3-4-14(18)10-19-15/h5-6,8,14-16H,3-4,7,9-10,17H2,1-2H3. The second-order valence-corrected chi connectivity index (χ2v) is 6.03. The van der Waals surface area contributed by atoms with Crippen molar-refractivity contribution in [2.24, 2.45) is 5.73 Å². The molecule has 0 amide bonds. The zero-order chi connectivity index (χ0) is 13.4. The lowest BCUT2D eigenvalue weighted by Gasteiger charge is -2.38. The molecule has 2 heterocycles. The van der Waals surface area contributed by atoms with Crippen molar-refractivity contribution in [2.75, 3.05) is 19.7 Å². The maximum atomic E-state index is 6.42. The second kappa shape index (κ2) is 5.23. The van der Waals surface area contributed by atoms with Crippen molar-refractivity contribution in [3.63, 3.8) is 0 Å². The Kier molecular flexibility index (Phi) is 3.61. The molecule has 1 aromatic carbocycles. The Bertz CT molecular complexity index is 460. The van der Waals surface area contributed by atoms with E-state index in [1.54, 1.807) is 0 Å². The fraction of sp³-hybridized carbons (Fsp3) is 0.625. The number of nitrogens with two attached hydrogens (primary N) is 1. The highest BCUT2D eigenvalue weighted by atomic mass is 16.5. The van der Waals surface area contributed by atoms with Crippen LogP contribution in [-0.4, -0.2) is 36.7 Å². The fourth-order valence-electron chi connectivity index (χ4n) is 3.25. The zero-order valence-corrected chi connectivity index (χ0v) is 11.9. The van der Waals surface area contributed by atoms with Crippen LogP contribution in [0.2, 0.25) is 0 Å². The summed E-state index contributed by atoms with van der Waals surface area (Å²) in [5.41, 5.74) is 10.2. The van der Waals surface area contributed by atoms with E-state index in [2.05, 4.69) is 36.9 Å². The average molecular weight is 260 g/mol. The highest BCUT2D eigenvalue weighted by Gasteiger charge is 2.35. The van der Waals surface area contributed by atoms with Crippen molar-refractivity contribution in [2.45, 2.75) is 44.9 Å². The van der Waals surface area contributed by atoms with Crippen LogP contribution >= 0.6 is 0 Å². The Labute approximate surface area is 115 Å². The van der Waals surface area contributed by atoms with E-state index in [0.717, 1.165) is 13.2 Å². The Balaban J connectivity index is 1.72. The third-order valence-electron chi connectivity index (χ3n) is 4.73. The van der Waals surface area contributed by atoms with Crippen LogP contribution in [0, 0.1) is 13.8 Å². The first-order chi connectivity index (χ1) is 9.15. The van der Waals surface area contributed by atoms with Gasteiger partial charge in [0.15, 0.2) is 0 Å². The molecule has 3 rings (SSSR count). The predicted molar refractivity (Wildman–Crippen MR) is 77.2 cm³/mol. The van der Waals surface area contributed by atoms with Gasteiger partial charge in [0, 0.05) is 12.6 Å². The molecule has 3 nitrogen and oxygen atoms in total. The number of hydrogen-bond donors (Lipinski definition) is 1. The molecule has 19 heavy (non-hydrogen) atoms. The third-order valence-corrected chi connectivity index (χ3v) is 4.73. The first kappa shape index (κ1) is 13.1. The van der Waals surface area contributed by atoms with Gasteiger partial charge in [0.25, 0.3) is 0 Å². The van der Waals surface area contributed by atoms with Crippen molar-refractivity contribution in [3.8, 4) is 0 Å². The summed E-state index contributed by atoms with van der Waals surface area (Å²) in [6, 6.07) is 7.14. The molecule has 104 valence electrons. The van der Waals surface area contributed by atoms with Gasteiger partial charge in [0.05, 0.1) is 18.8 Å². The van der Waals surface area contributed by atoms with Crippen molar-refractivity contribution in [3.05, 3.63) is 34.9 Å². The summed E-state index contributed by atoms with van der Waals surface area (Å²) < 4.78 is 6.01. The summed E-state index contributed by atoms with van der Waals surface area (Å²) in [4.78, 5) is 2.55. The van der Waals surface area contributed by atoms with Gasteiger partial charge in [-0.3, -0.25) is 4.90 Å². The molecule has 0 aromatic heterocycles. The number of benzene rings is 1. The van der Waals surface area contributed by atoms with Crippen molar-refractivity contribution >= 4 is 0 Å². The lowest BCUT2D eigenvalue weighted by Crippen LogP contribution is -2.49. The highest BCUT2D eigenvalue weighted by Crippen LogP contribution is 2.28. The molecule has 0 bridgehead atoms. The summed E-state index contributed by atoms with van der Waals surface area (Å²) >= 11 is 0. The minimum absolute atomic E-state index is 0.0131. The lowest BCUT2D eigenvalue weighted by molar-refractivity contribution is -0.0597. The largest absolute Gasteiger partial charge is 0.373 e. The number of aryl methyl sites for hydroxylation is 2. The number of ether oxygens (including phenoxy) is 1. The summed E-state index contributed by atoms with van der Waals surface area (Å²) in [6.45, 7) is 7.33. The summed E-state index contributed by atoms with van der Waals surface area (Å²) in [5.74, 6) is 0. The Morgan fingerprint density at radius 1 is 1.32 bits per heavy atom. The maximum absolute atomic E-state index is 6.42. The molecule has 2 N–H and O–H groups in total. The lowest BCUT2D eigenvalue weighted by atomic mass is 9.97. The molecule has 3 unspecified atom stereocenters. The summed E-state index contributed by atoms with van der Waals surface area (Å²) in [7, 11) is 0. The van der Waals surface area contributed by atoms with Crippen LogP contribution in [0.15, 0.2) is 18.2 Å². The molecule has 3 atom stereocenters. The molecule has 1 aromatic rings. The third kappa shape index (κ3) is 2.55. The Morgan fingerprint density at radius 3 is 2.95 bits per heavy atom. The molecule has 2 saturated heterocycles. The normalized spacial score (nSPS) is 29.2. The van der Waals surface area contributed by atoms with E-state index in [9.17, 15) is 0 Å². The van der Waals surface area contributed by atoms with Gasteiger partial charge in [-0.1, -0.05) is 18.2 Å². The van der Waals surface area contributed by atoms with E-state index in [-0.39, 0.29) is 12.1 Å². The van der Waals surface area contributed by atoms with E-state index in [1.807, 2.05) is 0 Å². The minimum atomic E-state index is -0.0131. The summed E-state index contributed by atoms with van der Waals surface area (Å²) in [5, 5.41) is 0. The molecule has 2 fully saturated rings. The average Bonchev–Trinajstić information content (AvgIpc) is 2.88. The molecule has 0 saturated carbocycles. The van der Waals surface area contributed by atoms with E-state index in [4.69, 9.17) is 10.5 Å². The van der Waals surface area contributed by atoms with Gasteiger partial charge in [0.1, 0.15) is 0 Å². The maximum Gasteiger partial charge on any atom is 0.0895 e. The number of nitrogens with zero attached hydrogens (tertiary/aromatic N) is 1.